The number of ether oxygens (including phenoxy) is 1. The van der Waals surface area contributed by atoms with E-state index in [9.17, 15) is 19.5 Å². The molecule has 2 rings (SSSR count). The highest BCUT2D eigenvalue weighted by Gasteiger charge is 2.55. The minimum atomic E-state index is -2.28. The summed E-state index contributed by atoms with van der Waals surface area (Å²) in [7, 11) is 0. The van der Waals surface area contributed by atoms with Gasteiger partial charge in [-0.2, -0.15) is 0 Å². The zero-order valence-corrected chi connectivity index (χ0v) is 17.6. The molecule has 2 atom stereocenters. The van der Waals surface area contributed by atoms with Crippen molar-refractivity contribution < 1.29 is 24.2 Å². The molecule has 166 valence electrons. The van der Waals surface area contributed by atoms with E-state index in [0.717, 1.165) is 4.90 Å². The number of carboxylic acid groups (broad SMARTS) is 1. The van der Waals surface area contributed by atoms with Crippen LogP contribution in [0.2, 0.25) is 0 Å². The molecule has 0 bridgehead atoms. The van der Waals surface area contributed by atoms with Gasteiger partial charge in [-0.1, -0.05) is 48.5 Å². The molecule has 31 heavy (non-hydrogen) atoms. The summed E-state index contributed by atoms with van der Waals surface area (Å²) in [6.45, 7) is 1.64. The SMILES string of the molecule is CC(N)C(=O)N(c1ccccc1)C(CCCCN)(C(=O)O)C(=O)OCc1ccccc1. The van der Waals surface area contributed by atoms with Crippen molar-refractivity contribution in [1.82, 2.24) is 0 Å². The molecule has 0 aliphatic rings. The fraction of sp³-hybridized carbons (Fsp3) is 0.348. The number of hydrogen-bond donors (Lipinski definition) is 3. The smallest absolute Gasteiger partial charge is 0.344 e. The topological polar surface area (TPSA) is 136 Å². The van der Waals surface area contributed by atoms with Crippen LogP contribution < -0.4 is 16.4 Å². The second-order valence-electron chi connectivity index (χ2n) is 7.27. The quantitative estimate of drug-likeness (QED) is 0.284. The van der Waals surface area contributed by atoms with E-state index >= 15 is 0 Å². The first-order chi connectivity index (χ1) is 14.8. The molecule has 2 unspecified atom stereocenters. The summed E-state index contributed by atoms with van der Waals surface area (Å²) in [5.41, 5.74) is 10.1. The maximum atomic E-state index is 13.3. The van der Waals surface area contributed by atoms with Crippen molar-refractivity contribution in [3.05, 3.63) is 66.2 Å². The third-order valence-corrected chi connectivity index (χ3v) is 4.90. The first kappa shape index (κ1) is 24.0. The van der Waals surface area contributed by atoms with Crippen molar-refractivity contribution in [2.24, 2.45) is 11.5 Å². The van der Waals surface area contributed by atoms with Crippen molar-refractivity contribution in [3.63, 3.8) is 0 Å². The van der Waals surface area contributed by atoms with E-state index in [-0.39, 0.29) is 18.7 Å². The lowest BCUT2D eigenvalue weighted by atomic mass is 9.88. The lowest BCUT2D eigenvalue weighted by Crippen LogP contribution is -2.65. The minimum Gasteiger partial charge on any atom is -0.479 e. The summed E-state index contributed by atoms with van der Waals surface area (Å²) in [5.74, 6) is -3.21. The molecule has 0 fully saturated rings. The van der Waals surface area contributed by atoms with E-state index in [1.807, 2.05) is 6.07 Å². The Balaban J connectivity index is 2.54. The third-order valence-electron chi connectivity index (χ3n) is 4.90. The van der Waals surface area contributed by atoms with E-state index in [2.05, 4.69) is 0 Å². The number of anilines is 1. The molecule has 0 saturated heterocycles. The highest BCUT2D eigenvalue weighted by atomic mass is 16.5. The van der Waals surface area contributed by atoms with Gasteiger partial charge < -0.3 is 21.3 Å². The molecule has 0 heterocycles. The number of carboxylic acids is 1. The number of nitrogens with two attached hydrogens (primary N) is 2. The Morgan fingerprint density at radius 3 is 2.13 bits per heavy atom. The van der Waals surface area contributed by atoms with Gasteiger partial charge in [-0.05, 0) is 50.4 Å². The van der Waals surface area contributed by atoms with Crippen LogP contribution in [0.1, 0.15) is 31.7 Å². The Morgan fingerprint density at radius 1 is 1.03 bits per heavy atom. The average Bonchev–Trinajstić information content (AvgIpc) is 2.77. The van der Waals surface area contributed by atoms with Crippen LogP contribution in [0.4, 0.5) is 5.69 Å². The maximum Gasteiger partial charge on any atom is 0.344 e. The lowest BCUT2D eigenvalue weighted by molar-refractivity contribution is -0.164. The van der Waals surface area contributed by atoms with Gasteiger partial charge in [-0.15, -0.1) is 0 Å². The van der Waals surface area contributed by atoms with E-state index in [4.69, 9.17) is 16.2 Å². The fourth-order valence-electron chi connectivity index (χ4n) is 3.28. The summed E-state index contributed by atoms with van der Waals surface area (Å²) in [4.78, 5) is 40.1. The van der Waals surface area contributed by atoms with Gasteiger partial charge in [0.2, 0.25) is 11.4 Å². The van der Waals surface area contributed by atoms with Crippen molar-refractivity contribution in [3.8, 4) is 0 Å². The molecule has 0 aliphatic carbocycles. The van der Waals surface area contributed by atoms with Gasteiger partial charge in [0.1, 0.15) is 6.61 Å². The van der Waals surface area contributed by atoms with Crippen molar-refractivity contribution in [2.75, 3.05) is 11.4 Å². The third kappa shape index (κ3) is 5.68. The predicted molar refractivity (Wildman–Crippen MR) is 117 cm³/mol. The highest BCUT2D eigenvalue weighted by molar-refractivity contribution is 6.15. The molecule has 0 aromatic heterocycles. The van der Waals surface area contributed by atoms with Crippen LogP contribution in [-0.4, -0.2) is 41.1 Å². The van der Waals surface area contributed by atoms with Gasteiger partial charge in [0, 0.05) is 5.69 Å². The van der Waals surface area contributed by atoms with Crippen molar-refractivity contribution >= 4 is 23.5 Å². The number of amides is 1. The molecule has 1 amide bonds. The second kappa shape index (κ2) is 11.2. The number of carbonyl (C=O) groups is 3. The number of para-hydroxylation sites is 1. The summed E-state index contributed by atoms with van der Waals surface area (Å²) < 4.78 is 5.43. The minimum absolute atomic E-state index is 0.124. The molecule has 8 nitrogen and oxygen atoms in total. The fourth-order valence-corrected chi connectivity index (χ4v) is 3.28. The summed E-state index contributed by atoms with van der Waals surface area (Å²) in [5, 5.41) is 10.3. The van der Waals surface area contributed by atoms with E-state index in [0.29, 0.717) is 24.9 Å². The van der Waals surface area contributed by atoms with E-state index in [1.54, 1.807) is 54.6 Å². The number of benzene rings is 2. The first-order valence-corrected chi connectivity index (χ1v) is 10.1. The van der Waals surface area contributed by atoms with Gasteiger partial charge in [0.15, 0.2) is 0 Å². The van der Waals surface area contributed by atoms with Crippen molar-refractivity contribution in [1.29, 1.82) is 0 Å². The summed E-state index contributed by atoms with van der Waals surface area (Å²) in [6, 6.07) is 16.0. The van der Waals surface area contributed by atoms with Gasteiger partial charge in [0.25, 0.3) is 0 Å². The van der Waals surface area contributed by atoms with E-state index in [1.165, 1.54) is 6.92 Å². The van der Waals surface area contributed by atoms with Crippen LogP contribution in [0.15, 0.2) is 60.7 Å². The second-order valence-corrected chi connectivity index (χ2v) is 7.27. The summed E-state index contributed by atoms with van der Waals surface area (Å²) >= 11 is 0. The van der Waals surface area contributed by atoms with Crippen LogP contribution in [0.5, 0.6) is 0 Å². The maximum absolute atomic E-state index is 13.3. The Morgan fingerprint density at radius 2 is 1.61 bits per heavy atom. The number of rotatable bonds is 11. The first-order valence-electron chi connectivity index (χ1n) is 10.1. The van der Waals surface area contributed by atoms with Crippen LogP contribution in [0, 0.1) is 0 Å². The monoisotopic (exact) mass is 427 g/mol. The molecule has 0 saturated carbocycles. The molecular weight excluding hydrogens is 398 g/mol. The molecule has 5 N–H and O–H groups in total. The summed E-state index contributed by atoms with van der Waals surface area (Å²) in [6.07, 6.45) is 0.620. The van der Waals surface area contributed by atoms with Crippen LogP contribution in [0.3, 0.4) is 0 Å². The number of esters is 1. The van der Waals surface area contributed by atoms with Gasteiger partial charge in [-0.3, -0.25) is 9.69 Å². The van der Waals surface area contributed by atoms with Gasteiger partial charge >= 0.3 is 11.9 Å². The zero-order chi connectivity index (χ0) is 22.9. The number of unbranched alkanes of at least 4 members (excludes halogenated alkanes) is 1. The van der Waals surface area contributed by atoms with Gasteiger partial charge in [0.05, 0.1) is 6.04 Å². The Kier molecular flexibility index (Phi) is 8.72. The van der Waals surface area contributed by atoms with Crippen molar-refractivity contribution in [2.45, 2.75) is 44.4 Å². The largest absolute Gasteiger partial charge is 0.479 e. The number of nitrogens with zero attached hydrogens (tertiary/aromatic N) is 1. The number of aliphatic carboxylic acids is 1. The highest BCUT2D eigenvalue weighted by Crippen LogP contribution is 2.32. The molecular formula is C23H29N3O5. The molecule has 0 radical (unpaired) electrons. The molecule has 2 aromatic carbocycles. The normalized spacial score (nSPS) is 13.6. The van der Waals surface area contributed by atoms with Crippen LogP contribution in [0.25, 0.3) is 0 Å². The Labute approximate surface area is 181 Å². The lowest BCUT2D eigenvalue weighted by Gasteiger charge is -2.39. The number of hydrogen-bond acceptors (Lipinski definition) is 6. The molecule has 8 heteroatoms. The van der Waals surface area contributed by atoms with Gasteiger partial charge in [-0.25, -0.2) is 9.59 Å². The zero-order valence-electron chi connectivity index (χ0n) is 17.6. The standard InChI is InChI=1S/C23H29N3O5/c1-17(25)20(27)26(19-12-6-3-7-13-19)23(21(28)29,14-8-9-15-24)22(30)31-16-18-10-4-2-5-11-18/h2-7,10-13,17H,8-9,14-16,24-25H2,1H3,(H,28,29). The Bertz CT molecular complexity index is 873. The van der Waals surface area contributed by atoms with E-state index < -0.39 is 29.4 Å². The average molecular weight is 428 g/mol. The predicted octanol–water partition coefficient (Wildman–Crippen LogP) is 2.06. The molecule has 2 aromatic rings. The van der Waals surface area contributed by atoms with Crippen LogP contribution in [-0.2, 0) is 25.7 Å². The Hall–Kier alpha value is -3.23. The van der Waals surface area contributed by atoms with Crippen LogP contribution >= 0.6 is 0 Å². The molecule has 0 spiro atoms. The molecule has 0 aliphatic heterocycles. The number of carbonyl (C=O) groups excluding carboxylic acids is 2.